The van der Waals surface area contributed by atoms with E-state index in [-0.39, 0.29) is 31.3 Å². The molecule has 0 aliphatic carbocycles. The first kappa shape index (κ1) is 24.1. The van der Waals surface area contributed by atoms with Gasteiger partial charge in [-0.1, -0.05) is 18.2 Å². The van der Waals surface area contributed by atoms with Crippen molar-refractivity contribution in [1.82, 2.24) is 15.2 Å². The first-order valence-corrected chi connectivity index (χ1v) is 10.9. The van der Waals surface area contributed by atoms with Crippen molar-refractivity contribution in [2.24, 2.45) is 0 Å². The number of aliphatic carboxylic acids is 1. The molecule has 0 saturated carbocycles. The highest BCUT2D eigenvalue weighted by atomic mass is 16.4. The van der Waals surface area contributed by atoms with Crippen LogP contribution in [0.4, 0.5) is 5.82 Å². The van der Waals surface area contributed by atoms with Crippen LogP contribution in [-0.2, 0) is 19.2 Å². The number of Topliss-reactive ketones (excluding diaryl/α,β-unsaturated/α-hetero) is 1. The largest absolute Gasteiger partial charge is 0.480 e. The Bertz CT molecular complexity index is 1080. The van der Waals surface area contributed by atoms with Crippen molar-refractivity contribution in [3.63, 3.8) is 0 Å². The van der Waals surface area contributed by atoms with Crippen LogP contribution >= 0.6 is 0 Å². The fraction of sp³-hybridized carbons (Fsp3) is 0.435. The van der Waals surface area contributed by atoms with Crippen molar-refractivity contribution >= 4 is 46.5 Å². The predicted octanol–water partition coefficient (Wildman–Crippen LogP) is 1.47. The number of carboxylic acids is 1. The number of anilines is 1. The van der Waals surface area contributed by atoms with Crippen LogP contribution in [0.3, 0.4) is 0 Å². The average Bonchev–Trinajstić information content (AvgIpc) is 3.37. The lowest BCUT2D eigenvalue weighted by Crippen LogP contribution is -2.51. The summed E-state index contributed by atoms with van der Waals surface area (Å²) in [6.45, 7) is 2.21. The Kier molecular flexibility index (Phi) is 7.59. The van der Waals surface area contributed by atoms with Crippen LogP contribution in [0.5, 0.6) is 0 Å². The van der Waals surface area contributed by atoms with Gasteiger partial charge in [0.2, 0.25) is 11.8 Å². The summed E-state index contributed by atoms with van der Waals surface area (Å²) in [5.74, 6) is -2.38. The molecule has 0 unspecified atom stereocenters. The van der Waals surface area contributed by atoms with Crippen molar-refractivity contribution in [3.05, 3.63) is 29.8 Å². The van der Waals surface area contributed by atoms with E-state index in [0.717, 1.165) is 28.8 Å². The Morgan fingerprint density at radius 1 is 1.33 bits per heavy atom. The SMILES string of the molecule is Cc1c(N(C(=O)CNC(=O)[C@@H]2CCCN2C)[C@@H](CCC(=O)C=N)C(=O)O)[nH]c2ccccc12. The van der Waals surface area contributed by atoms with E-state index < -0.39 is 23.7 Å². The van der Waals surface area contributed by atoms with Gasteiger partial charge in [-0.2, -0.15) is 0 Å². The summed E-state index contributed by atoms with van der Waals surface area (Å²) in [5.41, 5.74) is 1.42. The number of H-pyrrole nitrogens is 1. The molecule has 0 spiro atoms. The molecule has 0 radical (unpaired) electrons. The van der Waals surface area contributed by atoms with Crippen molar-refractivity contribution in [2.75, 3.05) is 25.0 Å². The van der Waals surface area contributed by atoms with Gasteiger partial charge in [0.15, 0.2) is 5.78 Å². The third-order valence-electron chi connectivity index (χ3n) is 6.11. The van der Waals surface area contributed by atoms with E-state index >= 15 is 0 Å². The van der Waals surface area contributed by atoms with Gasteiger partial charge >= 0.3 is 5.97 Å². The molecule has 1 aromatic heterocycles. The number of nitrogens with one attached hydrogen (secondary N) is 3. The molecule has 4 N–H and O–H groups in total. The zero-order valence-corrected chi connectivity index (χ0v) is 18.8. The molecule has 1 fully saturated rings. The third kappa shape index (κ3) is 5.28. The Balaban J connectivity index is 1.91. The minimum absolute atomic E-state index is 0.163. The molecule has 2 atom stereocenters. The second kappa shape index (κ2) is 10.4. The smallest absolute Gasteiger partial charge is 0.326 e. The Hall–Kier alpha value is -3.53. The number of hydrogen-bond acceptors (Lipinski definition) is 6. The number of hydrogen-bond donors (Lipinski definition) is 4. The second-order valence-corrected chi connectivity index (χ2v) is 8.27. The number of ketones is 1. The molecule has 2 aromatic rings. The Labute approximate surface area is 191 Å². The zero-order valence-electron chi connectivity index (χ0n) is 18.8. The summed E-state index contributed by atoms with van der Waals surface area (Å²) in [6.07, 6.45) is 1.87. The number of carbonyl (C=O) groups excluding carboxylic acids is 3. The van der Waals surface area contributed by atoms with Crippen LogP contribution in [0.15, 0.2) is 24.3 Å². The number of para-hydroxylation sites is 1. The van der Waals surface area contributed by atoms with Crippen LogP contribution in [0.2, 0.25) is 0 Å². The molecule has 3 rings (SSSR count). The molecular formula is C23H29N5O5. The minimum Gasteiger partial charge on any atom is -0.480 e. The van der Waals surface area contributed by atoms with Gasteiger partial charge in [-0.15, -0.1) is 0 Å². The fourth-order valence-electron chi connectivity index (χ4n) is 4.28. The van der Waals surface area contributed by atoms with Gasteiger partial charge in [0.1, 0.15) is 11.9 Å². The Morgan fingerprint density at radius 2 is 2.06 bits per heavy atom. The number of carbonyl (C=O) groups is 4. The van der Waals surface area contributed by atoms with E-state index in [1.165, 1.54) is 0 Å². The van der Waals surface area contributed by atoms with E-state index in [2.05, 4.69) is 10.3 Å². The number of amides is 2. The highest BCUT2D eigenvalue weighted by molar-refractivity contribution is 6.26. The van der Waals surface area contributed by atoms with Gasteiger partial charge < -0.3 is 20.8 Å². The lowest BCUT2D eigenvalue weighted by molar-refractivity contribution is -0.140. The monoisotopic (exact) mass is 455 g/mol. The number of fused-ring (bicyclic) bond motifs is 1. The van der Waals surface area contributed by atoms with Crippen molar-refractivity contribution in [1.29, 1.82) is 5.41 Å². The fourth-order valence-corrected chi connectivity index (χ4v) is 4.28. The summed E-state index contributed by atoms with van der Waals surface area (Å²) < 4.78 is 0. The first-order chi connectivity index (χ1) is 15.7. The van der Waals surface area contributed by atoms with Gasteiger partial charge in [0, 0.05) is 17.3 Å². The van der Waals surface area contributed by atoms with Crippen molar-refractivity contribution in [3.8, 4) is 0 Å². The second-order valence-electron chi connectivity index (χ2n) is 8.27. The topological polar surface area (TPSA) is 147 Å². The number of aryl methyl sites for hydroxylation is 1. The molecule has 10 heteroatoms. The molecule has 2 amide bonds. The molecule has 176 valence electrons. The first-order valence-electron chi connectivity index (χ1n) is 10.9. The van der Waals surface area contributed by atoms with Crippen molar-refractivity contribution < 1.29 is 24.3 Å². The molecular weight excluding hydrogens is 426 g/mol. The summed E-state index contributed by atoms with van der Waals surface area (Å²) in [7, 11) is 1.85. The summed E-state index contributed by atoms with van der Waals surface area (Å²) in [6, 6.07) is 5.68. The Morgan fingerprint density at radius 3 is 2.67 bits per heavy atom. The third-order valence-corrected chi connectivity index (χ3v) is 6.11. The van der Waals surface area contributed by atoms with Crippen molar-refractivity contribution in [2.45, 2.75) is 44.7 Å². The van der Waals surface area contributed by atoms with Crippen LogP contribution in [0.1, 0.15) is 31.2 Å². The van der Waals surface area contributed by atoms with Gasteiger partial charge in [-0.25, -0.2) is 4.79 Å². The van der Waals surface area contributed by atoms with Crippen LogP contribution in [0, 0.1) is 12.3 Å². The summed E-state index contributed by atoms with van der Waals surface area (Å²) >= 11 is 0. The molecule has 1 saturated heterocycles. The molecule has 1 aliphatic heterocycles. The van der Waals surface area contributed by atoms with Gasteiger partial charge in [0.05, 0.1) is 18.8 Å². The molecule has 10 nitrogen and oxygen atoms in total. The average molecular weight is 456 g/mol. The molecule has 1 aliphatic rings. The standard InChI is InChI=1S/C23H29N5O5/c1-14-16-6-3-4-7-17(16)26-21(14)28(19(23(32)33)10-9-15(29)12-24)20(30)13-25-22(31)18-8-5-11-27(18)2/h3-4,6-7,12,18-19,24,26H,5,8-11,13H2,1-2H3,(H,25,31)(H,32,33)/t18-,19-/m0/s1. The number of likely N-dealkylation sites (tertiary alicyclic amines) is 1. The number of likely N-dealkylation sites (N-methyl/N-ethyl adjacent to an activating group) is 1. The number of rotatable bonds is 10. The maximum absolute atomic E-state index is 13.3. The number of carboxylic acid groups (broad SMARTS) is 1. The molecule has 1 aromatic carbocycles. The molecule has 0 bridgehead atoms. The minimum atomic E-state index is -1.35. The normalized spacial score (nSPS) is 17.0. The molecule has 2 heterocycles. The zero-order chi connectivity index (χ0) is 24.1. The van der Waals surface area contributed by atoms with Gasteiger partial charge in [-0.05, 0) is 51.4 Å². The molecule has 33 heavy (non-hydrogen) atoms. The predicted molar refractivity (Wildman–Crippen MR) is 124 cm³/mol. The summed E-state index contributed by atoms with van der Waals surface area (Å²) in [5, 5.41) is 20.5. The highest BCUT2D eigenvalue weighted by Crippen LogP contribution is 2.30. The van der Waals surface area contributed by atoms with E-state index in [0.29, 0.717) is 24.0 Å². The lowest BCUT2D eigenvalue weighted by atomic mass is 10.1. The summed E-state index contributed by atoms with van der Waals surface area (Å²) in [4.78, 5) is 55.9. The van der Waals surface area contributed by atoms with E-state index in [1.807, 2.05) is 36.2 Å². The lowest BCUT2D eigenvalue weighted by Gasteiger charge is -2.29. The number of benzene rings is 1. The van der Waals surface area contributed by atoms with Crippen LogP contribution in [0.25, 0.3) is 10.9 Å². The number of aromatic amines is 1. The van der Waals surface area contributed by atoms with Gasteiger partial charge in [0.25, 0.3) is 0 Å². The number of aromatic nitrogens is 1. The van der Waals surface area contributed by atoms with Crippen LogP contribution in [-0.4, -0.2) is 77.0 Å². The van der Waals surface area contributed by atoms with Gasteiger partial charge in [-0.3, -0.25) is 24.2 Å². The number of nitrogens with zero attached hydrogens (tertiary/aromatic N) is 2. The maximum Gasteiger partial charge on any atom is 0.326 e. The van der Waals surface area contributed by atoms with E-state index in [1.54, 1.807) is 6.92 Å². The maximum atomic E-state index is 13.3. The van der Waals surface area contributed by atoms with Crippen LogP contribution < -0.4 is 10.2 Å². The highest BCUT2D eigenvalue weighted by Gasteiger charge is 2.34. The van der Waals surface area contributed by atoms with E-state index in [4.69, 9.17) is 5.41 Å². The quantitative estimate of drug-likeness (QED) is 0.399. The van der Waals surface area contributed by atoms with E-state index in [9.17, 15) is 24.3 Å².